The molecule has 2 heterocycles. The zero-order valence-electron chi connectivity index (χ0n) is 19.5. The predicted molar refractivity (Wildman–Crippen MR) is 123 cm³/mol. The van der Waals surface area contributed by atoms with E-state index >= 15 is 0 Å². The van der Waals surface area contributed by atoms with Crippen molar-refractivity contribution in [2.75, 3.05) is 25.1 Å². The third-order valence-corrected chi connectivity index (χ3v) is 6.49. The number of pyridine rings is 1. The minimum absolute atomic E-state index is 0.0125. The van der Waals surface area contributed by atoms with Gasteiger partial charge in [-0.25, -0.2) is 27.3 Å². The summed E-state index contributed by atoms with van der Waals surface area (Å²) in [6, 6.07) is 1.96. The standard InChI is InChI=1S/C24H26F4N4O4/c1-36-22-19(13-8-14(25)10-15(26)9-13)20(32-7-4-17(12-32)31-23(34)35)18(11-29-22)21(33)30-16-2-5-24(27,28)6-3-16/h8-11,16-17,31H,2-7,12H2,1H3,(H,30,33)(H,34,35)/t17-/m0/s1. The van der Waals surface area contributed by atoms with Crippen LogP contribution in [0.2, 0.25) is 0 Å². The molecule has 0 radical (unpaired) electrons. The maximum absolute atomic E-state index is 14.2. The first-order valence-corrected chi connectivity index (χ1v) is 11.5. The van der Waals surface area contributed by atoms with Gasteiger partial charge in [-0.1, -0.05) is 0 Å². The van der Waals surface area contributed by atoms with Crippen LogP contribution in [0, 0.1) is 11.6 Å². The van der Waals surface area contributed by atoms with Gasteiger partial charge in [-0.2, -0.15) is 0 Å². The molecule has 2 fully saturated rings. The molecule has 1 aromatic heterocycles. The number of carbonyl (C=O) groups is 2. The molecule has 1 saturated heterocycles. The van der Waals surface area contributed by atoms with E-state index in [4.69, 9.17) is 9.84 Å². The third-order valence-electron chi connectivity index (χ3n) is 6.49. The van der Waals surface area contributed by atoms with E-state index in [-0.39, 0.29) is 60.5 Å². The molecule has 1 aromatic carbocycles. The number of alkyl halides is 2. The van der Waals surface area contributed by atoms with Crippen molar-refractivity contribution < 1.29 is 37.0 Å². The van der Waals surface area contributed by atoms with Gasteiger partial charge >= 0.3 is 6.09 Å². The summed E-state index contributed by atoms with van der Waals surface area (Å²) in [5, 5.41) is 14.3. The van der Waals surface area contributed by atoms with Crippen LogP contribution in [-0.2, 0) is 0 Å². The van der Waals surface area contributed by atoms with Crippen molar-refractivity contribution in [3.8, 4) is 17.0 Å². The van der Waals surface area contributed by atoms with Gasteiger partial charge in [0.15, 0.2) is 0 Å². The first-order chi connectivity index (χ1) is 17.1. The second kappa shape index (κ2) is 10.2. The number of hydrogen-bond acceptors (Lipinski definition) is 5. The Morgan fingerprint density at radius 2 is 1.75 bits per heavy atom. The molecular weight excluding hydrogens is 484 g/mol. The first-order valence-electron chi connectivity index (χ1n) is 11.5. The number of ether oxygens (including phenoxy) is 1. The number of nitrogens with zero attached hydrogens (tertiary/aromatic N) is 2. The Morgan fingerprint density at radius 1 is 1.08 bits per heavy atom. The van der Waals surface area contributed by atoms with Gasteiger partial charge in [0.2, 0.25) is 11.8 Å². The minimum Gasteiger partial charge on any atom is -0.480 e. The number of aromatic nitrogens is 1. The number of amides is 2. The van der Waals surface area contributed by atoms with E-state index in [0.29, 0.717) is 19.0 Å². The van der Waals surface area contributed by atoms with Gasteiger partial charge in [0.1, 0.15) is 11.6 Å². The highest BCUT2D eigenvalue weighted by molar-refractivity contribution is 6.04. The number of halogens is 4. The highest BCUT2D eigenvalue weighted by Crippen LogP contribution is 2.42. The quantitative estimate of drug-likeness (QED) is 0.504. The fourth-order valence-corrected chi connectivity index (χ4v) is 4.80. The first kappa shape index (κ1) is 25.5. The third kappa shape index (κ3) is 5.63. The maximum atomic E-state index is 14.2. The van der Waals surface area contributed by atoms with Crippen LogP contribution in [0.4, 0.5) is 28.0 Å². The lowest BCUT2D eigenvalue weighted by atomic mass is 9.92. The van der Waals surface area contributed by atoms with Crippen LogP contribution in [0.15, 0.2) is 24.4 Å². The molecule has 4 rings (SSSR count). The van der Waals surface area contributed by atoms with E-state index in [2.05, 4.69) is 15.6 Å². The van der Waals surface area contributed by atoms with Gasteiger partial charge < -0.3 is 25.4 Å². The molecule has 1 aliphatic carbocycles. The molecule has 2 amide bonds. The average Bonchev–Trinajstić information content (AvgIpc) is 3.26. The van der Waals surface area contributed by atoms with Crippen molar-refractivity contribution in [1.29, 1.82) is 0 Å². The number of methoxy groups -OCH3 is 1. The lowest BCUT2D eigenvalue weighted by Crippen LogP contribution is -2.41. The molecule has 0 bridgehead atoms. The van der Waals surface area contributed by atoms with Gasteiger partial charge in [-0.15, -0.1) is 0 Å². The second-order valence-electron chi connectivity index (χ2n) is 9.05. The Morgan fingerprint density at radius 3 is 2.36 bits per heavy atom. The van der Waals surface area contributed by atoms with Crippen LogP contribution in [0.25, 0.3) is 11.1 Å². The molecule has 2 aliphatic rings. The van der Waals surface area contributed by atoms with E-state index in [1.165, 1.54) is 13.3 Å². The number of rotatable bonds is 6. The molecular formula is C24H26F4N4O4. The Bertz CT molecular complexity index is 1130. The average molecular weight is 510 g/mol. The number of nitrogens with one attached hydrogen (secondary N) is 2. The van der Waals surface area contributed by atoms with Crippen molar-refractivity contribution in [3.63, 3.8) is 0 Å². The molecule has 12 heteroatoms. The van der Waals surface area contributed by atoms with Crippen LogP contribution in [0.5, 0.6) is 5.88 Å². The van der Waals surface area contributed by atoms with Crippen LogP contribution < -0.4 is 20.3 Å². The lowest BCUT2D eigenvalue weighted by molar-refractivity contribution is -0.0399. The fraction of sp³-hybridized carbons (Fsp3) is 0.458. The molecule has 1 atom stereocenters. The number of anilines is 1. The summed E-state index contributed by atoms with van der Waals surface area (Å²) in [7, 11) is 1.33. The van der Waals surface area contributed by atoms with Crippen molar-refractivity contribution >= 4 is 17.7 Å². The topological polar surface area (TPSA) is 104 Å². The Balaban J connectivity index is 1.77. The number of carboxylic acid groups (broad SMARTS) is 1. The maximum Gasteiger partial charge on any atom is 0.404 e. The van der Waals surface area contributed by atoms with Crippen molar-refractivity contribution in [2.45, 2.75) is 50.1 Å². The van der Waals surface area contributed by atoms with Crippen LogP contribution in [0.1, 0.15) is 42.5 Å². The number of benzene rings is 1. The lowest BCUT2D eigenvalue weighted by Gasteiger charge is -2.30. The van der Waals surface area contributed by atoms with E-state index in [0.717, 1.165) is 12.1 Å². The van der Waals surface area contributed by atoms with Gasteiger partial charge in [0.05, 0.1) is 30.0 Å². The minimum atomic E-state index is -2.76. The van der Waals surface area contributed by atoms with Gasteiger partial charge in [-0.05, 0) is 37.0 Å². The van der Waals surface area contributed by atoms with E-state index in [1.54, 1.807) is 4.90 Å². The molecule has 194 valence electrons. The van der Waals surface area contributed by atoms with Gasteiger partial charge in [0, 0.05) is 44.2 Å². The predicted octanol–water partition coefficient (Wildman–Crippen LogP) is 4.19. The molecule has 2 aromatic rings. The Labute approximate surface area is 204 Å². The molecule has 3 N–H and O–H groups in total. The largest absolute Gasteiger partial charge is 0.480 e. The molecule has 0 unspecified atom stereocenters. The second-order valence-corrected chi connectivity index (χ2v) is 9.05. The highest BCUT2D eigenvalue weighted by Gasteiger charge is 2.37. The summed E-state index contributed by atoms with van der Waals surface area (Å²) in [6.45, 7) is 0.513. The van der Waals surface area contributed by atoms with Crippen molar-refractivity contribution in [1.82, 2.24) is 15.6 Å². The molecule has 1 aliphatic heterocycles. The normalized spacial score (nSPS) is 19.7. The van der Waals surface area contributed by atoms with E-state index in [9.17, 15) is 27.2 Å². The summed E-state index contributed by atoms with van der Waals surface area (Å²) in [5.41, 5.74) is 0.562. The van der Waals surface area contributed by atoms with Crippen LogP contribution in [0.3, 0.4) is 0 Å². The summed E-state index contributed by atoms with van der Waals surface area (Å²) >= 11 is 0. The van der Waals surface area contributed by atoms with Crippen molar-refractivity contribution in [3.05, 3.63) is 41.6 Å². The van der Waals surface area contributed by atoms with E-state index < -0.39 is 41.6 Å². The molecule has 1 saturated carbocycles. The SMILES string of the molecule is COc1ncc(C(=O)NC2CCC(F)(F)CC2)c(N2CC[C@H](NC(=O)O)C2)c1-c1cc(F)cc(F)c1. The molecule has 8 nitrogen and oxygen atoms in total. The molecule has 0 spiro atoms. The smallest absolute Gasteiger partial charge is 0.404 e. The highest BCUT2D eigenvalue weighted by atomic mass is 19.3. The summed E-state index contributed by atoms with van der Waals surface area (Å²) in [6.07, 6.45) is 0.0168. The molecule has 36 heavy (non-hydrogen) atoms. The summed E-state index contributed by atoms with van der Waals surface area (Å²) in [5.74, 6) is -5.02. The summed E-state index contributed by atoms with van der Waals surface area (Å²) < 4.78 is 60.8. The Hall–Kier alpha value is -3.57. The zero-order chi connectivity index (χ0) is 26.0. The van der Waals surface area contributed by atoms with Gasteiger partial charge in [0.25, 0.3) is 5.91 Å². The van der Waals surface area contributed by atoms with Crippen LogP contribution >= 0.6 is 0 Å². The van der Waals surface area contributed by atoms with Crippen LogP contribution in [-0.4, -0.2) is 60.3 Å². The summed E-state index contributed by atoms with van der Waals surface area (Å²) in [4.78, 5) is 30.4. The van der Waals surface area contributed by atoms with E-state index in [1.807, 2.05) is 0 Å². The monoisotopic (exact) mass is 510 g/mol. The zero-order valence-corrected chi connectivity index (χ0v) is 19.5. The Kier molecular flexibility index (Phi) is 7.23. The number of hydrogen-bond donors (Lipinski definition) is 3. The van der Waals surface area contributed by atoms with Gasteiger partial charge in [-0.3, -0.25) is 4.79 Å². The van der Waals surface area contributed by atoms with Crippen molar-refractivity contribution in [2.24, 2.45) is 0 Å². The fourth-order valence-electron chi connectivity index (χ4n) is 4.80. The number of carbonyl (C=O) groups excluding carboxylic acids is 1.